The Morgan fingerprint density at radius 3 is 1.76 bits per heavy atom. The number of ether oxygens (including phenoxy) is 5. The van der Waals surface area contributed by atoms with Crippen LogP contribution in [0.2, 0.25) is 0 Å². The number of carbonyl (C=O) groups excluding carboxylic acids is 4. The molecule has 0 amide bonds. The van der Waals surface area contributed by atoms with Gasteiger partial charge in [0.15, 0.2) is 6.10 Å². The molecule has 3 rings (SSSR count). The maximum atomic E-state index is 12.7. The zero-order valence-corrected chi connectivity index (χ0v) is 18.3. The molecule has 1 aliphatic heterocycles. The van der Waals surface area contributed by atoms with Gasteiger partial charge in [-0.2, -0.15) is 0 Å². The third kappa shape index (κ3) is 6.17. The van der Waals surface area contributed by atoms with Gasteiger partial charge < -0.3 is 23.7 Å². The molecule has 0 N–H and O–H groups in total. The van der Waals surface area contributed by atoms with E-state index in [0.717, 1.165) is 13.8 Å². The minimum absolute atomic E-state index is 0.252. The fourth-order valence-electron chi connectivity index (χ4n) is 3.38. The van der Waals surface area contributed by atoms with Gasteiger partial charge in [0.25, 0.3) is 0 Å². The normalized spacial score (nSPS) is 22.6. The van der Waals surface area contributed by atoms with E-state index in [1.54, 1.807) is 60.7 Å². The van der Waals surface area contributed by atoms with Crippen molar-refractivity contribution >= 4 is 23.9 Å². The van der Waals surface area contributed by atoms with Crippen molar-refractivity contribution in [2.45, 2.75) is 51.5 Å². The van der Waals surface area contributed by atoms with Crippen LogP contribution >= 0.6 is 0 Å². The lowest BCUT2D eigenvalue weighted by molar-refractivity contribution is -0.198. The molecule has 0 aromatic heterocycles. The van der Waals surface area contributed by atoms with E-state index in [9.17, 15) is 19.2 Å². The van der Waals surface area contributed by atoms with Crippen LogP contribution in [0.3, 0.4) is 0 Å². The molecule has 2 aromatic rings. The molecule has 5 atom stereocenters. The number of rotatable bonds is 7. The molecule has 1 aliphatic rings. The summed E-state index contributed by atoms with van der Waals surface area (Å²) in [6.07, 6.45) is -5.88. The molecule has 33 heavy (non-hydrogen) atoms. The lowest BCUT2D eigenvalue weighted by Crippen LogP contribution is -2.44. The second-order valence-corrected chi connectivity index (χ2v) is 7.36. The molecule has 1 fully saturated rings. The van der Waals surface area contributed by atoms with Crippen LogP contribution in [-0.4, -0.2) is 54.6 Å². The van der Waals surface area contributed by atoms with Gasteiger partial charge in [-0.15, -0.1) is 0 Å². The van der Waals surface area contributed by atoms with E-state index in [0.29, 0.717) is 5.56 Å². The van der Waals surface area contributed by atoms with Crippen molar-refractivity contribution in [3.63, 3.8) is 0 Å². The smallest absolute Gasteiger partial charge is 0.338 e. The highest BCUT2D eigenvalue weighted by Gasteiger charge is 2.54. The minimum Gasteiger partial charge on any atom is -0.456 e. The van der Waals surface area contributed by atoms with Crippen LogP contribution in [0.1, 0.15) is 41.5 Å². The molecule has 1 heterocycles. The summed E-state index contributed by atoms with van der Waals surface area (Å²) < 4.78 is 27.3. The van der Waals surface area contributed by atoms with Gasteiger partial charge in [0.05, 0.1) is 11.1 Å². The van der Waals surface area contributed by atoms with Gasteiger partial charge in [-0.3, -0.25) is 9.59 Å². The SMILES string of the molecule is CC(=O)O[C@H]1O[C@H]([C@@H](C)OC(=O)c2ccccc2)[C@@H](OC(=O)c2ccccc2)[C@H]1OC(C)=O. The summed E-state index contributed by atoms with van der Waals surface area (Å²) in [4.78, 5) is 48.6. The quantitative estimate of drug-likeness (QED) is 0.458. The zero-order chi connectivity index (χ0) is 24.0. The highest BCUT2D eigenvalue weighted by Crippen LogP contribution is 2.32. The second kappa shape index (κ2) is 10.7. The zero-order valence-electron chi connectivity index (χ0n) is 18.3. The second-order valence-electron chi connectivity index (χ2n) is 7.36. The Labute approximate surface area is 190 Å². The van der Waals surface area contributed by atoms with Gasteiger partial charge in [0, 0.05) is 13.8 Å². The molecule has 174 valence electrons. The largest absolute Gasteiger partial charge is 0.456 e. The third-order valence-electron chi connectivity index (χ3n) is 4.81. The first-order valence-corrected chi connectivity index (χ1v) is 10.3. The highest BCUT2D eigenvalue weighted by atomic mass is 16.8. The van der Waals surface area contributed by atoms with E-state index in [1.165, 1.54) is 6.92 Å². The summed E-state index contributed by atoms with van der Waals surface area (Å²) in [5.41, 5.74) is 0.566. The Morgan fingerprint density at radius 2 is 1.24 bits per heavy atom. The monoisotopic (exact) mass is 456 g/mol. The van der Waals surface area contributed by atoms with Gasteiger partial charge in [-0.1, -0.05) is 36.4 Å². The van der Waals surface area contributed by atoms with Crippen molar-refractivity contribution in [3.8, 4) is 0 Å². The Morgan fingerprint density at radius 1 is 0.727 bits per heavy atom. The van der Waals surface area contributed by atoms with Crippen LogP contribution in [0.15, 0.2) is 60.7 Å². The number of esters is 4. The van der Waals surface area contributed by atoms with Crippen molar-refractivity contribution in [2.24, 2.45) is 0 Å². The number of hydrogen-bond acceptors (Lipinski definition) is 9. The maximum Gasteiger partial charge on any atom is 0.338 e. The first kappa shape index (κ1) is 23.9. The molecular weight excluding hydrogens is 432 g/mol. The standard InChI is InChI=1S/C24H24O9/c1-14(29-22(27)17-10-6-4-7-11-17)19-20(32-23(28)18-12-8-5-9-13-18)21(30-15(2)25)24(33-19)31-16(3)26/h4-14,19-21,24H,1-3H3/t14-,19-,20-,21-,24+/m1/s1. The molecule has 9 heteroatoms. The summed E-state index contributed by atoms with van der Waals surface area (Å²) in [5, 5.41) is 0. The van der Waals surface area contributed by atoms with Crippen molar-refractivity contribution in [2.75, 3.05) is 0 Å². The average molecular weight is 456 g/mol. The third-order valence-corrected chi connectivity index (χ3v) is 4.81. The molecule has 0 radical (unpaired) electrons. The van der Waals surface area contributed by atoms with Crippen LogP contribution in [0.25, 0.3) is 0 Å². The van der Waals surface area contributed by atoms with Gasteiger partial charge in [0.1, 0.15) is 12.2 Å². The predicted octanol–water partition coefficient (Wildman–Crippen LogP) is 2.68. The van der Waals surface area contributed by atoms with E-state index < -0.39 is 54.6 Å². The summed E-state index contributed by atoms with van der Waals surface area (Å²) in [5.74, 6) is -2.73. The van der Waals surface area contributed by atoms with Crippen LogP contribution < -0.4 is 0 Å². The molecule has 0 saturated carbocycles. The predicted molar refractivity (Wildman–Crippen MR) is 113 cm³/mol. The van der Waals surface area contributed by atoms with Crippen molar-refractivity contribution in [3.05, 3.63) is 71.8 Å². The van der Waals surface area contributed by atoms with Crippen molar-refractivity contribution in [1.29, 1.82) is 0 Å². The van der Waals surface area contributed by atoms with E-state index in [1.807, 2.05) is 0 Å². The lowest BCUT2D eigenvalue weighted by Gasteiger charge is -2.26. The van der Waals surface area contributed by atoms with Crippen LogP contribution in [-0.2, 0) is 33.3 Å². The number of hydrogen-bond donors (Lipinski definition) is 0. The minimum atomic E-state index is -1.36. The Hall–Kier alpha value is -3.72. The Balaban J connectivity index is 1.86. The van der Waals surface area contributed by atoms with Crippen LogP contribution in [0.4, 0.5) is 0 Å². The average Bonchev–Trinajstić information content (AvgIpc) is 3.10. The first-order valence-electron chi connectivity index (χ1n) is 10.3. The number of carbonyl (C=O) groups is 4. The Bertz CT molecular complexity index is 990. The molecule has 0 bridgehead atoms. The van der Waals surface area contributed by atoms with E-state index in [-0.39, 0.29) is 5.56 Å². The molecule has 0 spiro atoms. The van der Waals surface area contributed by atoms with E-state index >= 15 is 0 Å². The molecule has 1 saturated heterocycles. The van der Waals surface area contributed by atoms with Crippen LogP contribution in [0, 0.1) is 0 Å². The van der Waals surface area contributed by atoms with E-state index in [2.05, 4.69) is 0 Å². The maximum absolute atomic E-state index is 12.7. The topological polar surface area (TPSA) is 114 Å². The summed E-state index contributed by atoms with van der Waals surface area (Å²) in [7, 11) is 0. The van der Waals surface area contributed by atoms with Gasteiger partial charge in [0.2, 0.25) is 12.4 Å². The molecule has 9 nitrogen and oxygen atoms in total. The van der Waals surface area contributed by atoms with Crippen LogP contribution in [0.5, 0.6) is 0 Å². The van der Waals surface area contributed by atoms with Crippen molar-refractivity contribution in [1.82, 2.24) is 0 Å². The van der Waals surface area contributed by atoms with Gasteiger partial charge in [-0.05, 0) is 31.2 Å². The van der Waals surface area contributed by atoms with E-state index in [4.69, 9.17) is 23.7 Å². The molecule has 0 unspecified atom stereocenters. The summed E-state index contributed by atoms with van der Waals surface area (Å²) >= 11 is 0. The van der Waals surface area contributed by atoms with Crippen molar-refractivity contribution < 1.29 is 42.9 Å². The molecular formula is C24H24O9. The summed E-state index contributed by atoms with van der Waals surface area (Å²) in [6.45, 7) is 3.86. The van der Waals surface area contributed by atoms with Gasteiger partial charge in [-0.25, -0.2) is 9.59 Å². The molecule has 2 aromatic carbocycles. The summed E-state index contributed by atoms with van der Waals surface area (Å²) in [6, 6.07) is 16.5. The highest BCUT2D eigenvalue weighted by molar-refractivity contribution is 5.90. The fraction of sp³-hybridized carbons (Fsp3) is 0.333. The Kier molecular flexibility index (Phi) is 7.78. The van der Waals surface area contributed by atoms with Gasteiger partial charge >= 0.3 is 23.9 Å². The number of benzene rings is 2. The molecule has 0 aliphatic carbocycles. The first-order chi connectivity index (χ1) is 15.8. The fourth-order valence-corrected chi connectivity index (χ4v) is 3.38. The lowest BCUT2D eigenvalue weighted by atomic mass is 10.1.